The molecule has 2 unspecified atom stereocenters. The van der Waals surface area contributed by atoms with Gasteiger partial charge in [-0.05, 0) is 75.2 Å². The topological polar surface area (TPSA) is 44.4 Å². The average Bonchev–Trinajstić information content (AvgIpc) is 3.36. The van der Waals surface area contributed by atoms with Crippen LogP contribution in [0.4, 0.5) is 0 Å². The van der Waals surface area contributed by atoms with Crippen molar-refractivity contribution in [2.24, 2.45) is 11.3 Å². The quantitative estimate of drug-likeness (QED) is 0.748. The van der Waals surface area contributed by atoms with E-state index in [1.165, 1.54) is 36.9 Å². The SMILES string of the molecule is CC1CCCCN1Cc1ccc(CNC(=O)C2CC23CCNCC3)cc1.Cl.Cl. The van der Waals surface area contributed by atoms with E-state index in [9.17, 15) is 4.79 Å². The molecule has 4 nitrogen and oxygen atoms in total. The molecule has 1 saturated carbocycles. The second-order valence-electron chi connectivity index (χ2n) is 8.72. The van der Waals surface area contributed by atoms with Crippen LogP contribution in [0.3, 0.4) is 0 Å². The molecule has 158 valence electrons. The van der Waals surface area contributed by atoms with Crippen LogP contribution in [0.25, 0.3) is 0 Å². The highest BCUT2D eigenvalue weighted by Crippen LogP contribution is 2.58. The summed E-state index contributed by atoms with van der Waals surface area (Å²) in [6, 6.07) is 9.51. The van der Waals surface area contributed by atoms with Gasteiger partial charge in [0.05, 0.1) is 0 Å². The summed E-state index contributed by atoms with van der Waals surface area (Å²) in [6.07, 6.45) is 7.43. The van der Waals surface area contributed by atoms with E-state index in [2.05, 4.69) is 46.7 Å². The van der Waals surface area contributed by atoms with Gasteiger partial charge in [-0.3, -0.25) is 9.69 Å². The van der Waals surface area contributed by atoms with E-state index in [-0.39, 0.29) is 36.6 Å². The van der Waals surface area contributed by atoms with Crippen LogP contribution in [0.2, 0.25) is 0 Å². The van der Waals surface area contributed by atoms with Crippen LogP contribution < -0.4 is 10.6 Å². The van der Waals surface area contributed by atoms with Crippen molar-refractivity contribution in [1.29, 1.82) is 0 Å². The number of amides is 1. The molecule has 1 aromatic carbocycles. The van der Waals surface area contributed by atoms with Gasteiger partial charge in [-0.2, -0.15) is 0 Å². The van der Waals surface area contributed by atoms with Gasteiger partial charge in [0.25, 0.3) is 0 Å². The number of rotatable bonds is 5. The first-order valence-electron chi connectivity index (χ1n) is 10.5. The summed E-state index contributed by atoms with van der Waals surface area (Å²) < 4.78 is 0. The van der Waals surface area contributed by atoms with Gasteiger partial charge in [0.2, 0.25) is 5.91 Å². The summed E-state index contributed by atoms with van der Waals surface area (Å²) in [5, 5.41) is 6.57. The maximum Gasteiger partial charge on any atom is 0.223 e. The molecule has 4 rings (SSSR count). The fourth-order valence-corrected chi connectivity index (χ4v) is 4.90. The van der Waals surface area contributed by atoms with Crippen LogP contribution in [-0.4, -0.2) is 36.5 Å². The lowest BCUT2D eigenvalue weighted by Gasteiger charge is -2.33. The molecule has 3 fully saturated rings. The van der Waals surface area contributed by atoms with Crippen molar-refractivity contribution in [1.82, 2.24) is 15.5 Å². The molecular formula is C22H35Cl2N3O. The summed E-state index contributed by atoms with van der Waals surface area (Å²) in [6.45, 7) is 7.41. The Balaban J connectivity index is 0.00000140. The van der Waals surface area contributed by atoms with Crippen LogP contribution in [0.1, 0.15) is 56.6 Å². The minimum absolute atomic E-state index is 0. The van der Waals surface area contributed by atoms with Crippen LogP contribution in [-0.2, 0) is 17.9 Å². The minimum atomic E-state index is 0. The van der Waals surface area contributed by atoms with E-state index in [0.717, 1.165) is 38.9 Å². The molecule has 2 saturated heterocycles. The van der Waals surface area contributed by atoms with Gasteiger partial charge < -0.3 is 10.6 Å². The van der Waals surface area contributed by atoms with Gasteiger partial charge in [0.15, 0.2) is 0 Å². The lowest BCUT2D eigenvalue weighted by molar-refractivity contribution is -0.123. The molecule has 3 aliphatic rings. The molecule has 2 N–H and O–H groups in total. The number of hydrogen-bond donors (Lipinski definition) is 2. The van der Waals surface area contributed by atoms with E-state index < -0.39 is 0 Å². The van der Waals surface area contributed by atoms with Crippen molar-refractivity contribution < 1.29 is 4.79 Å². The molecule has 28 heavy (non-hydrogen) atoms. The minimum Gasteiger partial charge on any atom is -0.352 e. The Kier molecular flexibility index (Phi) is 8.62. The number of carbonyl (C=O) groups excluding carboxylic acids is 1. The number of nitrogens with one attached hydrogen (secondary N) is 2. The molecule has 0 bridgehead atoms. The number of hydrogen-bond acceptors (Lipinski definition) is 3. The highest BCUT2D eigenvalue weighted by Gasteiger charge is 2.57. The normalized spacial score (nSPS) is 26.0. The Morgan fingerprint density at radius 3 is 2.50 bits per heavy atom. The maximum absolute atomic E-state index is 12.5. The second kappa shape index (κ2) is 10.3. The number of halogens is 2. The van der Waals surface area contributed by atoms with Crippen LogP contribution in [0.15, 0.2) is 24.3 Å². The summed E-state index contributed by atoms with van der Waals surface area (Å²) >= 11 is 0. The van der Waals surface area contributed by atoms with Gasteiger partial charge >= 0.3 is 0 Å². The van der Waals surface area contributed by atoms with E-state index in [1.807, 2.05) is 0 Å². The van der Waals surface area contributed by atoms with Crippen LogP contribution in [0, 0.1) is 11.3 Å². The van der Waals surface area contributed by atoms with Gasteiger partial charge in [-0.15, -0.1) is 24.8 Å². The molecule has 6 heteroatoms. The van der Waals surface area contributed by atoms with Gasteiger partial charge in [-0.1, -0.05) is 30.7 Å². The van der Waals surface area contributed by atoms with Crippen molar-refractivity contribution in [3.63, 3.8) is 0 Å². The van der Waals surface area contributed by atoms with E-state index in [1.54, 1.807) is 0 Å². The number of carbonyl (C=O) groups is 1. The third kappa shape index (κ3) is 5.41. The van der Waals surface area contributed by atoms with Crippen molar-refractivity contribution in [2.45, 2.75) is 64.6 Å². The monoisotopic (exact) mass is 427 g/mol. The largest absolute Gasteiger partial charge is 0.352 e. The fraction of sp³-hybridized carbons (Fsp3) is 0.682. The first-order chi connectivity index (χ1) is 12.7. The predicted molar refractivity (Wildman–Crippen MR) is 119 cm³/mol. The van der Waals surface area contributed by atoms with Crippen molar-refractivity contribution in [2.75, 3.05) is 19.6 Å². The van der Waals surface area contributed by atoms with Crippen molar-refractivity contribution in [3.8, 4) is 0 Å². The predicted octanol–water partition coefficient (Wildman–Crippen LogP) is 3.91. The molecule has 2 atom stereocenters. The molecule has 0 radical (unpaired) electrons. The molecular weight excluding hydrogens is 393 g/mol. The first-order valence-corrected chi connectivity index (χ1v) is 10.5. The summed E-state index contributed by atoms with van der Waals surface area (Å²) in [5.74, 6) is 0.516. The van der Waals surface area contributed by atoms with Gasteiger partial charge in [0, 0.05) is 25.0 Å². The zero-order valence-electron chi connectivity index (χ0n) is 16.9. The standard InChI is InChI=1S/C22H33N3O.2ClH/c1-17-4-2-3-13-25(17)16-19-7-5-18(6-8-19)15-24-21(26)20-14-22(20)9-11-23-12-10-22;;/h5-8,17,20,23H,2-4,9-16H2,1H3,(H,24,26);2*1H. The molecule has 2 heterocycles. The number of likely N-dealkylation sites (tertiary alicyclic amines) is 1. The van der Waals surface area contributed by atoms with Crippen LogP contribution in [0.5, 0.6) is 0 Å². The summed E-state index contributed by atoms with van der Waals surface area (Å²) in [5.41, 5.74) is 2.91. The third-order valence-corrected chi connectivity index (χ3v) is 6.92. The molecule has 0 aromatic heterocycles. The first kappa shape index (κ1) is 23.5. The zero-order valence-corrected chi connectivity index (χ0v) is 18.5. The van der Waals surface area contributed by atoms with Crippen molar-refractivity contribution >= 4 is 30.7 Å². The Hall–Kier alpha value is -0.810. The third-order valence-electron chi connectivity index (χ3n) is 6.92. The highest BCUT2D eigenvalue weighted by molar-refractivity contribution is 5.85. The molecule has 1 aromatic rings. The Labute approximate surface area is 182 Å². The Morgan fingerprint density at radius 2 is 1.82 bits per heavy atom. The smallest absolute Gasteiger partial charge is 0.223 e. The van der Waals surface area contributed by atoms with E-state index in [4.69, 9.17) is 0 Å². The fourth-order valence-electron chi connectivity index (χ4n) is 4.90. The molecule has 1 spiro atoms. The second-order valence-corrected chi connectivity index (χ2v) is 8.72. The maximum atomic E-state index is 12.5. The van der Waals surface area contributed by atoms with Gasteiger partial charge in [0.1, 0.15) is 0 Å². The highest BCUT2D eigenvalue weighted by atomic mass is 35.5. The molecule has 1 aliphatic carbocycles. The number of nitrogens with zero attached hydrogens (tertiary/aromatic N) is 1. The average molecular weight is 428 g/mol. The van der Waals surface area contributed by atoms with Crippen molar-refractivity contribution in [3.05, 3.63) is 35.4 Å². The summed E-state index contributed by atoms with van der Waals surface area (Å²) in [7, 11) is 0. The summed E-state index contributed by atoms with van der Waals surface area (Å²) in [4.78, 5) is 15.1. The Bertz CT molecular complexity index is 631. The lowest BCUT2D eigenvalue weighted by atomic mass is 9.92. The van der Waals surface area contributed by atoms with Gasteiger partial charge in [-0.25, -0.2) is 0 Å². The zero-order chi connectivity index (χ0) is 18.0. The Morgan fingerprint density at radius 1 is 1.14 bits per heavy atom. The molecule has 2 aliphatic heterocycles. The van der Waals surface area contributed by atoms with E-state index in [0.29, 0.717) is 18.0 Å². The van der Waals surface area contributed by atoms with E-state index >= 15 is 0 Å². The number of benzene rings is 1. The lowest BCUT2D eigenvalue weighted by Crippen LogP contribution is -2.36. The number of piperidine rings is 2. The van der Waals surface area contributed by atoms with Crippen LogP contribution >= 0.6 is 24.8 Å². The molecule has 1 amide bonds.